The lowest BCUT2D eigenvalue weighted by molar-refractivity contribution is -0.605. The molecule has 1 aliphatic rings. The molecular weight excluding hydrogens is 601 g/mol. The van der Waals surface area contributed by atoms with Crippen molar-refractivity contribution in [3.8, 4) is 11.5 Å². The van der Waals surface area contributed by atoms with Crippen LogP contribution in [0.4, 0.5) is 14.5 Å². The molecule has 1 saturated carbocycles. The van der Waals surface area contributed by atoms with Crippen molar-refractivity contribution in [2.24, 2.45) is 5.92 Å². The summed E-state index contributed by atoms with van der Waals surface area (Å²) in [6, 6.07) is 5.46. The Hall–Kier alpha value is -2.87. The molecule has 1 aliphatic carbocycles. The molecule has 2 aromatic heterocycles. The number of esters is 1. The Bertz CT molecular complexity index is 1440. The zero-order chi connectivity index (χ0) is 28.3. The van der Waals surface area contributed by atoms with Crippen molar-refractivity contribution in [1.29, 1.82) is 0 Å². The number of nitrogens with zero attached hydrogens (tertiary/aromatic N) is 1. The molecule has 1 aromatic carbocycles. The molecule has 0 aliphatic heterocycles. The number of nitrogens with one attached hydrogen (secondary N) is 1. The van der Waals surface area contributed by atoms with Crippen LogP contribution in [0.3, 0.4) is 0 Å². The van der Waals surface area contributed by atoms with E-state index in [1.807, 2.05) is 0 Å². The van der Waals surface area contributed by atoms with E-state index in [1.54, 1.807) is 0 Å². The van der Waals surface area contributed by atoms with Crippen LogP contribution >= 0.6 is 34.5 Å². The minimum absolute atomic E-state index is 0.0252. The van der Waals surface area contributed by atoms with Crippen LogP contribution in [0.2, 0.25) is 10.0 Å². The van der Waals surface area contributed by atoms with Gasteiger partial charge in [-0.3, -0.25) is 4.72 Å². The zero-order valence-electron chi connectivity index (χ0n) is 20.2. The Morgan fingerprint density at radius 3 is 2.51 bits per heavy atom. The van der Waals surface area contributed by atoms with E-state index in [9.17, 15) is 27.2 Å². The summed E-state index contributed by atoms with van der Waals surface area (Å²) in [5.74, 6) is -0.616. The number of halogens is 4. The number of rotatable bonds is 12. The van der Waals surface area contributed by atoms with Crippen LogP contribution in [0.1, 0.15) is 39.7 Å². The molecule has 39 heavy (non-hydrogen) atoms. The average molecular weight is 623 g/mol. The molecule has 9 nitrogen and oxygen atoms in total. The molecule has 0 bridgehead atoms. The fourth-order valence-corrected chi connectivity index (χ4v) is 5.50. The van der Waals surface area contributed by atoms with Crippen molar-refractivity contribution in [3.05, 3.63) is 73.3 Å². The fraction of sp³-hybridized carbons (Fsp3) is 0.333. The average Bonchev–Trinajstić information content (AvgIpc) is 3.55. The topological polar surface area (TPSA) is 118 Å². The van der Waals surface area contributed by atoms with Crippen LogP contribution in [-0.2, 0) is 21.2 Å². The smallest absolute Gasteiger partial charge is 0.387 e. The van der Waals surface area contributed by atoms with Crippen LogP contribution < -0.4 is 18.9 Å². The van der Waals surface area contributed by atoms with E-state index in [2.05, 4.69) is 9.46 Å². The first-order valence-corrected chi connectivity index (χ1v) is 15.0. The van der Waals surface area contributed by atoms with E-state index in [4.69, 9.17) is 32.7 Å². The normalized spacial score (nSPS) is 14.2. The maximum absolute atomic E-state index is 13.1. The highest BCUT2D eigenvalue weighted by atomic mass is 35.5. The quantitative estimate of drug-likeness (QED) is 0.159. The summed E-state index contributed by atoms with van der Waals surface area (Å²) in [5, 5.41) is 13.2. The second-order valence-corrected chi connectivity index (χ2v) is 12.3. The van der Waals surface area contributed by atoms with Crippen LogP contribution in [0, 0.1) is 11.1 Å². The highest BCUT2D eigenvalue weighted by Gasteiger charge is 2.27. The number of anilines is 1. The fourth-order valence-electron chi connectivity index (χ4n) is 3.56. The van der Waals surface area contributed by atoms with E-state index in [0.717, 1.165) is 42.8 Å². The minimum Gasteiger partial charge on any atom is -0.619 e. The zero-order valence-corrected chi connectivity index (χ0v) is 23.4. The maximum Gasteiger partial charge on any atom is 0.387 e. The lowest BCUT2D eigenvalue weighted by Gasteiger charge is -2.21. The highest BCUT2D eigenvalue weighted by Crippen LogP contribution is 2.38. The third-order valence-electron chi connectivity index (χ3n) is 5.53. The third-order valence-corrected chi connectivity index (χ3v) is 7.70. The van der Waals surface area contributed by atoms with Gasteiger partial charge >= 0.3 is 12.6 Å². The lowest BCUT2D eigenvalue weighted by atomic mass is 10.0. The Balaban J connectivity index is 1.67. The van der Waals surface area contributed by atoms with Gasteiger partial charge in [-0.25, -0.2) is 13.2 Å². The minimum atomic E-state index is -3.57. The second-order valence-electron chi connectivity index (χ2n) is 8.80. The summed E-state index contributed by atoms with van der Waals surface area (Å²) >= 11 is 13.5. The molecule has 1 N–H and O–H groups in total. The van der Waals surface area contributed by atoms with Gasteiger partial charge in [0, 0.05) is 17.4 Å². The first kappa shape index (κ1) is 29.1. The predicted octanol–water partition coefficient (Wildman–Crippen LogP) is 5.59. The summed E-state index contributed by atoms with van der Waals surface area (Å²) in [7, 11) is -3.57. The van der Waals surface area contributed by atoms with Crippen molar-refractivity contribution < 1.29 is 40.9 Å². The van der Waals surface area contributed by atoms with Crippen molar-refractivity contribution in [1.82, 2.24) is 0 Å². The van der Waals surface area contributed by atoms with Gasteiger partial charge < -0.3 is 19.4 Å². The summed E-state index contributed by atoms with van der Waals surface area (Å²) in [6.45, 7) is -2.78. The van der Waals surface area contributed by atoms with Crippen LogP contribution in [0.5, 0.6) is 11.5 Å². The second kappa shape index (κ2) is 12.1. The number of hydrogen-bond acceptors (Lipinski definition) is 8. The first-order valence-electron chi connectivity index (χ1n) is 11.4. The van der Waals surface area contributed by atoms with Crippen LogP contribution in [-0.4, -0.2) is 33.9 Å². The van der Waals surface area contributed by atoms with Gasteiger partial charge in [-0.05, 0) is 42.5 Å². The summed E-state index contributed by atoms with van der Waals surface area (Å²) in [6.07, 6.45) is 3.94. The molecular formula is C24H22Cl2F2N2O7S2. The van der Waals surface area contributed by atoms with Crippen LogP contribution in [0.25, 0.3) is 0 Å². The van der Waals surface area contributed by atoms with Gasteiger partial charge in [0.15, 0.2) is 23.9 Å². The monoisotopic (exact) mass is 622 g/mol. The molecule has 3 aromatic rings. The number of carbonyl (C=O) groups is 1. The standard InChI is InChI=1S/C24H22Cl2F2N2O7S2/c1-39(33,34)29-15-7-22(38-12-15)23(31)36-20(8-16-17(25)9-30(32)10-18(16)26)14-4-5-19(37-24(27)28)21(6-14)35-11-13-2-3-13/h4-7,9-10,12-13,20,24,29H,2-3,8,11H2,1H3/t20-/m0/s1. The largest absolute Gasteiger partial charge is 0.619 e. The highest BCUT2D eigenvalue weighted by molar-refractivity contribution is 7.92. The lowest BCUT2D eigenvalue weighted by Crippen LogP contribution is -2.25. The van der Waals surface area contributed by atoms with Gasteiger partial charge in [-0.15, -0.1) is 11.3 Å². The number of carbonyl (C=O) groups excluding carboxylic acids is 1. The van der Waals surface area contributed by atoms with Crippen molar-refractivity contribution in [2.45, 2.75) is 32.0 Å². The van der Waals surface area contributed by atoms with E-state index >= 15 is 0 Å². The van der Waals surface area contributed by atoms with Crippen molar-refractivity contribution in [3.63, 3.8) is 0 Å². The number of thiophene rings is 1. The van der Waals surface area contributed by atoms with Gasteiger partial charge in [0.05, 0.1) is 18.6 Å². The van der Waals surface area contributed by atoms with E-state index < -0.39 is 28.7 Å². The molecule has 15 heteroatoms. The van der Waals surface area contributed by atoms with Gasteiger partial charge in [0.25, 0.3) is 0 Å². The van der Waals surface area contributed by atoms with Gasteiger partial charge in [-0.1, -0.05) is 29.3 Å². The summed E-state index contributed by atoms with van der Waals surface area (Å²) in [4.78, 5) is 13.2. The number of ether oxygens (including phenoxy) is 3. The van der Waals surface area contributed by atoms with Crippen molar-refractivity contribution >= 4 is 56.2 Å². The van der Waals surface area contributed by atoms with Gasteiger partial charge in [0.2, 0.25) is 10.0 Å². The Kier molecular flexibility index (Phi) is 9.04. The SMILES string of the molecule is CS(=O)(=O)Nc1csc(C(=O)O[C@@H](Cc2c(Cl)c[n+]([O-])cc2Cl)c2ccc(OC(F)F)c(OCC3CC3)c2)c1. The Morgan fingerprint density at radius 1 is 1.21 bits per heavy atom. The van der Waals surface area contributed by atoms with Gasteiger partial charge in [0.1, 0.15) is 21.0 Å². The molecule has 0 amide bonds. The number of alkyl halides is 2. The van der Waals surface area contributed by atoms with Gasteiger partial charge in [-0.2, -0.15) is 13.5 Å². The first-order chi connectivity index (χ1) is 18.4. The maximum atomic E-state index is 13.1. The number of aromatic nitrogens is 1. The Labute approximate surface area is 236 Å². The Morgan fingerprint density at radius 2 is 1.90 bits per heavy atom. The molecule has 2 heterocycles. The molecule has 0 saturated heterocycles. The third kappa shape index (κ3) is 8.31. The number of sulfonamides is 1. The summed E-state index contributed by atoms with van der Waals surface area (Å²) in [5.41, 5.74) is 0.847. The van der Waals surface area contributed by atoms with Crippen molar-refractivity contribution in [2.75, 3.05) is 17.6 Å². The predicted molar refractivity (Wildman–Crippen MR) is 141 cm³/mol. The molecule has 0 unspecified atom stereocenters. The summed E-state index contributed by atoms with van der Waals surface area (Å²) < 4.78 is 67.9. The molecule has 210 valence electrons. The van der Waals surface area contributed by atoms with Crippen LogP contribution in [0.15, 0.2) is 42.0 Å². The molecule has 0 spiro atoms. The number of benzene rings is 1. The molecule has 1 fully saturated rings. The molecule has 0 radical (unpaired) electrons. The van der Waals surface area contributed by atoms with E-state index in [0.29, 0.717) is 28.4 Å². The molecule has 4 rings (SSSR count). The van der Waals surface area contributed by atoms with E-state index in [1.165, 1.54) is 29.6 Å². The molecule has 1 atom stereocenters. The number of pyridine rings is 1. The van der Waals surface area contributed by atoms with E-state index in [-0.39, 0.29) is 38.5 Å². The number of hydrogen-bond donors (Lipinski definition) is 1.